The van der Waals surface area contributed by atoms with E-state index >= 15 is 0 Å². The lowest BCUT2D eigenvalue weighted by molar-refractivity contribution is -0.144. The fraction of sp³-hybridized carbons (Fsp3) is 0.579. The first-order valence-corrected chi connectivity index (χ1v) is 8.75. The molecule has 0 spiro atoms. The second kappa shape index (κ2) is 9.42. The Kier molecular flexibility index (Phi) is 7.25. The number of aryl methyl sites for hydroxylation is 2. The molecule has 132 valence electrons. The molecular formula is C19H27NO4. The number of nitrogens with one attached hydrogen (secondary N) is 1. The Bertz CT molecular complexity index is 535. The van der Waals surface area contributed by atoms with Crippen molar-refractivity contribution in [2.45, 2.75) is 39.0 Å². The van der Waals surface area contributed by atoms with Crippen LogP contribution in [0.4, 0.5) is 0 Å². The zero-order chi connectivity index (χ0) is 17.4. The first-order valence-electron chi connectivity index (χ1n) is 8.75. The van der Waals surface area contributed by atoms with Crippen molar-refractivity contribution in [1.82, 2.24) is 5.32 Å². The number of carbonyl (C=O) groups is 2. The summed E-state index contributed by atoms with van der Waals surface area (Å²) in [7, 11) is 0. The summed E-state index contributed by atoms with van der Waals surface area (Å²) in [5.74, 6) is -1.37. The first kappa shape index (κ1) is 18.5. The fourth-order valence-corrected chi connectivity index (χ4v) is 3.09. The maximum Gasteiger partial charge on any atom is 0.308 e. The standard InChI is InChI=1S/C19H27NO4/c1-2-14-3-5-15(6-4-14)7-8-18(21)20-13-17(19(22)23)16-9-11-24-12-10-16/h3-6,16-17H,2,7-13H2,1H3,(H,20,21)(H,22,23). The average Bonchev–Trinajstić information content (AvgIpc) is 2.61. The lowest BCUT2D eigenvalue weighted by atomic mass is 9.86. The van der Waals surface area contributed by atoms with Gasteiger partial charge in [-0.15, -0.1) is 0 Å². The maximum absolute atomic E-state index is 12.0. The molecule has 5 heteroatoms. The van der Waals surface area contributed by atoms with Crippen LogP contribution in [0.5, 0.6) is 0 Å². The smallest absolute Gasteiger partial charge is 0.308 e. The molecule has 1 saturated heterocycles. The molecular weight excluding hydrogens is 306 g/mol. The molecule has 24 heavy (non-hydrogen) atoms. The van der Waals surface area contributed by atoms with Crippen LogP contribution in [0.25, 0.3) is 0 Å². The SMILES string of the molecule is CCc1ccc(CCC(=O)NCC(C(=O)O)C2CCOCC2)cc1. The van der Waals surface area contributed by atoms with Crippen LogP contribution in [0, 0.1) is 11.8 Å². The van der Waals surface area contributed by atoms with Crippen LogP contribution in [0.2, 0.25) is 0 Å². The molecule has 1 aliphatic rings. The number of carbonyl (C=O) groups excluding carboxylic acids is 1. The highest BCUT2D eigenvalue weighted by Gasteiger charge is 2.29. The van der Waals surface area contributed by atoms with Gasteiger partial charge in [-0.05, 0) is 42.7 Å². The third kappa shape index (κ3) is 5.64. The van der Waals surface area contributed by atoms with Gasteiger partial charge in [-0.1, -0.05) is 31.2 Å². The molecule has 1 heterocycles. The van der Waals surface area contributed by atoms with Crippen molar-refractivity contribution in [3.05, 3.63) is 35.4 Å². The Labute approximate surface area is 143 Å². The monoisotopic (exact) mass is 333 g/mol. The van der Waals surface area contributed by atoms with E-state index in [0.29, 0.717) is 26.1 Å². The summed E-state index contributed by atoms with van der Waals surface area (Å²) in [6.45, 7) is 3.53. The maximum atomic E-state index is 12.0. The van der Waals surface area contributed by atoms with E-state index in [-0.39, 0.29) is 18.4 Å². The van der Waals surface area contributed by atoms with Gasteiger partial charge < -0.3 is 15.2 Å². The van der Waals surface area contributed by atoms with Gasteiger partial charge in [-0.2, -0.15) is 0 Å². The molecule has 1 aromatic rings. The van der Waals surface area contributed by atoms with E-state index in [0.717, 1.165) is 24.8 Å². The van der Waals surface area contributed by atoms with Gasteiger partial charge in [-0.3, -0.25) is 9.59 Å². The zero-order valence-corrected chi connectivity index (χ0v) is 14.3. The predicted molar refractivity (Wildman–Crippen MR) is 91.8 cm³/mol. The molecule has 1 atom stereocenters. The van der Waals surface area contributed by atoms with E-state index in [2.05, 4.69) is 24.4 Å². The molecule has 0 radical (unpaired) electrons. The summed E-state index contributed by atoms with van der Waals surface area (Å²) in [6.07, 6.45) is 3.55. The first-order chi connectivity index (χ1) is 11.6. The van der Waals surface area contributed by atoms with Gasteiger partial charge >= 0.3 is 5.97 Å². The fourth-order valence-electron chi connectivity index (χ4n) is 3.09. The van der Waals surface area contributed by atoms with Crippen LogP contribution in [-0.4, -0.2) is 36.7 Å². The molecule has 0 saturated carbocycles. The number of hydrogen-bond acceptors (Lipinski definition) is 3. The summed E-state index contributed by atoms with van der Waals surface area (Å²) >= 11 is 0. The second-order valence-electron chi connectivity index (χ2n) is 6.37. The highest BCUT2D eigenvalue weighted by molar-refractivity contribution is 5.77. The van der Waals surface area contributed by atoms with Crippen molar-refractivity contribution in [3.63, 3.8) is 0 Å². The van der Waals surface area contributed by atoms with Gasteiger partial charge in [0.05, 0.1) is 5.92 Å². The molecule has 5 nitrogen and oxygen atoms in total. The minimum Gasteiger partial charge on any atom is -0.481 e. The number of hydrogen-bond donors (Lipinski definition) is 2. The van der Waals surface area contributed by atoms with Crippen LogP contribution in [0.3, 0.4) is 0 Å². The predicted octanol–water partition coefficient (Wildman–Crippen LogP) is 2.43. The van der Waals surface area contributed by atoms with E-state index in [4.69, 9.17) is 4.74 Å². The van der Waals surface area contributed by atoms with E-state index in [9.17, 15) is 14.7 Å². The molecule has 0 bridgehead atoms. The molecule has 2 rings (SSSR count). The lowest BCUT2D eigenvalue weighted by Crippen LogP contribution is -2.39. The van der Waals surface area contributed by atoms with Gasteiger partial charge in [0, 0.05) is 26.2 Å². The summed E-state index contributed by atoms with van der Waals surface area (Å²) in [5, 5.41) is 12.2. The quantitative estimate of drug-likeness (QED) is 0.766. The van der Waals surface area contributed by atoms with Crippen molar-refractivity contribution in [2.75, 3.05) is 19.8 Å². The van der Waals surface area contributed by atoms with Crippen LogP contribution in [0.15, 0.2) is 24.3 Å². The number of aliphatic carboxylic acids is 1. The van der Waals surface area contributed by atoms with Crippen molar-refractivity contribution in [2.24, 2.45) is 11.8 Å². The van der Waals surface area contributed by atoms with Gasteiger partial charge in [0.1, 0.15) is 0 Å². The molecule has 1 amide bonds. The van der Waals surface area contributed by atoms with Gasteiger partial charge in [0.25, 0.3) is 0 Å². The Hall–Kier alpha value is -1.88. The van der Waals surface area contributed by atoms with Crippen LogP contribution < -0.4 is 5.32 Å². The second-order valence-corrected chi connectivity index (χ2v) is 6.37. The molecule has 0 aromatic heterocycles. The summed E-state index contributed by atoms with van der Waals surface area (Å²) < 4.78 is 5.28. The van der Waals surface area contributed by atoms with E-state index in [1.165, 1.54) is 5.56 Å². The van der Waals surface area contributed by atoms with Crippen molar-refractivity contribution >= 4 is 11.9 Å². The summed E-state index contributed by atoms with van der Waals surface area (Å²) in [6, 6.07) is 8.26. The average molecular weight is 333 g/mol. The topological polar surface area (TPSA) is 75.6 Å². The largest absolute Gasteiger partial charge is 0.481 e. The van der Waals surface area contributed by atoms with Crippen molar-refractivity contribution < 1.29 is 19.4 Å². The van der Waals surface area contributed by atoms with Crippen LogP contribution in [-0.2, 0) is 27.2 Å². The molecule has 1 fully saturated rings. The third-order valence-electron chi connectivity index (χ3n) is 4.74. The molecule has 2 N–H and O–H groups in total. The summed E-state index contributed by atoms with van der Waals surface area (Å²) in [5.41, 5.74) is 2.41. The number of rotatable bonds is 8. The highest BCUT2D eigenvalue weighted by Crippen LogP contribution is 2.23. The molecule has 1 aromatic carbocycles. The summed E-state index contributed by atoms with van der Waals surface area (Å²) in [4.78, 5) is 23.5. The Morgan fingerprint density at radius 2 is 1.83 bits per heavy atom. The third-order valence-corrected chi connectivity index (χ3v) is 4.74. The number of benzene rings is 1. The number of ether oxygens (including phenoxy) is 1. The van der Waals surface area contributed by atoms with Gasteiger partial charge in [-0.25, -0.2) is 0 Å². The Morgan fingerprint density at radius 1 is 1.21 bits per heavy atom. The number of carboxylic acids is 1. The Balaban J connectivity index is 1.76. The molecule has 0 aliphatic carbocycles. The van der Waals surface area contributed by atoms with E-state index < -0.39 is 11.9 Å². The van der Waals surface area contributed by atoms with Crippen LogP contribution >= 0.6 is 0 Å². The van der Waals surface area contributed by atoms with Crippen LogP contribution in [0.1, 0.15) is 37.3 Å². The molecule has 1 aliphatic heterocycles. The normalized spacial score (nSPS) is 16.5. The van der Waals surface area contributed by atoms with Gasteiger partial charge in [0.15, 0.2) is 0 Å². The van der Waals surface area contributed by atoms with E-state index in [1.54, 1.807) is 0 Å². The minimum absolute atomic E-state index is 0.0816. The van der Waals surface area contributed by atoms with Gasteiger partial charge in [0.2, 0.25) is 5.91 Å². The minimum atomic E-state index is -0.836. The van der Waals surface area contributed by atoms with Crippen molar-refractivity contribution in [3.8, 4) is 0 Å². The Morgan fingerprint density at radius 3 is 2.42 bits per heavy atom. The zero-order valence-electron chi connectivity index (χ0n) is 14.3. The number of amides is 1. The van der Waals surface area contributed by atoms with E-state index in [1.807, 2.05) is 12.1 Å². The lowest BCUT2D eigenvalue weighted by Gasteiger charge is -2.27. The van der Waals surface area contributed by atoms with Crippen molar-refractivity contribution in [1.29, 1.82) is 0 Å². The number of carboxylic acid groups (broad SMARTS) is 1. The molecule has 1 unspecified atom stereocenters. The highest BCUT2D eigenvalue weighted by atomic mass is 16.5.